The van der Waals surface area contributed by atoms with E-state index in [1.807, 2.05) is 84.9 Å². The van der Waals surface area contributed by atoms with Gasteiger partial charge in [0.1, 0.15) is 0 Å². The first-order chi connectivity index (χ1) is 18.5. The number of hydrogen-bond acceptors (Lipinski definition) is 2. The summed E-state index contributed by atoms with van der Waals surface area (Å²) in [4.78, 5) is 0. The van der Waals surface area contributed by atoms with E-state index >= 15 is 4.39 Å². The van der Waals surface area contributed by atoms with E-state index < -0.39 is 5.96 Å². The zero-order valence-electron chi connectivity index (χ0n) is 21.4. The molecular weight excluding hydrogens is 514 g/mol. The van der Waals surface area contributed by atoms with E-state index in [9.17, 15) is 0 Å². The van der Waals surface area contributed by atoms with Crippen molar-refractivity contribution in [3.8, 4) is 22.6 Å². The van der Waals surface area contributed by atoms with Crippen molar-refractivity contribution in [2.75, 3.05) is 14.2 Å². The molecule has 192 valence electrons. The molecule has 2 nitrogen and oxygen atoms in total. The van der Waals surface area contributed by atoms with Crippen molar-refractivity contribution in [1.82, 2.24) is 0 Å². The van der Waals surface area contributed by atoms with Crippen LogP contribution in [0.4, 0.5) is 4.39 Å². The molecule has 0 bridgehead atoms. The standard InChI is InChI=1S/C33H29ClFO2P/c1-36-32-21-20-26(23-33(32)37-2)25-18-19-27(31(35)22-25)24-38(34,28-12-6-3-7-13-28,29-14-8-4-9-15-29)30-16-10-5-11-17-30/h3-23H,24H2,1-2H3. The van der Waals surface area contributed by atoms with Crippen molar-refractivity contribution in [2.45, 2.75) is 6.16 Å². The first-order valence-corrected chi connectivity index (χ1v) is 15.7. The Morgan fingerprint density at radius 1 is 0.579 bits per heavy atom. The average Bonchev–Trinajstić information content (AvgIpc) is 2.99. The number of benzene rings is 5. The molecule has 0 aromatic heterocycles. The minimum absolute atomic E-state index is 0.297. The van der Waals surface area contributed by atoms with Gasteiger partial charge in [-0.05, 0) is 0 Å². The number of halogens is 2. The molecule has 0 aliphatic rings. The summed E-state index contributed by atoms with van der Waals surface area (Å²) in [6, 6.07) is 41.3. The molecule has 0 atom stereocenters. The summed E-state index contributed by atoms with van der Waals surface area (Å²) in [5, 5.41) is 3.00. The molecule has 0 heterocycles. The van der Waals surface area contributed by atoms with Gasteiger partial charge >= 0.3 is 229 Å². The monoisotopic (exact) mass is 542 g/mol. The molecule has 0 N–H and O–H groups in total. The van der Waals surface area contributed by atoms with Crippen molar-refractivity contribution in [3.63, 3.8) is 0 Å². The van der Waals surface area contributed by atoms with Gasteiger partial charge in [-0.3, -0.25) is 0 Å². The van der Waals surface area contributed by atoms with Crippen LogP contribution in [0.25, 0.3) is 11.1 Å². The fraction of sp³-hybridized carbons (Fsp3) is 0.0909. The van der Waals surface area contributed by atoms with Gasteiger partial charge in [-0.25, -0.2) is 0 Å². The van der Waals surface area contributed by atoms with Crippen LogP contribution < -0.4 is 25.4 Å². The maximum absolute atomic E-state index is 16.0. The quantitative estimate of drug-likeness (QED) is 0.187. The molecule has 5 aromatic carbocycles. The zero-order valence-corrected chi connectivity index (χ0v) is 23.0. The van der Waals surface area contributed by atoms with E-state index in [1.54, 1.807) is 20.3 Å². The number of ether oxygens (including phenoxy) is 2. The van der Waals surface area contributed by atoms with E-state index in [0.29, 0.717) is 23.2 Å². The molecule has 0 fully saturated rings. The Labute approximate surface area is 228 Å². The van der Waals surface area contributed by atoms with Crippen LogP contribution in [0.5, 0.6) is 11.5 Å². The van der Waals surface area contributed by atoms with E-state index in [4.69, 9.17) is 20.7 Å². The van der Waals surface area contributed by atoms with Crippen LogP contribution >= 0.6 is 17.2 Å². The van der Waals surface area contributed by atoms with Gasteiger partial charge in [0.2, 0.25) is 0 Å². The number of hydrogen-bond donors (Lipinski definition) is 0. The van der Waals surface area contributed by atoms with Crippen molar-refractivity contribution < 1.29 is 13.9 Å². The summed E-state index contributed by atoms with van der Waals surface area (Å²) < 4.78 is 26.8. The molecule has 0 radical (unpaired) electrons. The van der Waals surface area contributed by atoms with Crippen LogP contribution in [0.3, 0.4) is 0 Å². The molecule has 5 aromatic rings. The fourth-order valence-corrected chi connectivity index (χ4v) is 11.2. The Morgan fingerprint density at radius 3 is 1.47 bits per heavy atom. The Balaban J connectivity index is 1.69. The van der Waals surface area contributed by atoms with Crippen molar-refractivity contribution in [2.24, 2.45) is 0 Å². The molecule has 0 spiro atoms. The summed E-state index contributed by atoms with van der Waals surface area (Å²) in [6.45, 7) is 0. The van der Waals surface area contributed by atoms with Gasteiger partial charge in [0.05, 0.1) is 0 Å². The Hall–Kier alpha value is -3.65. The van der Waals surface area contributed by atoms with Gasteiger partial charge in [-0.1, -0.05) is 0 Å². The zero-order chi connectivity index (χ0) is 26.6. The molecule has 0 saturated carbocycles. The molecule has 0 aliphatic heterocycles. The van der Waals surface area contributed by atoms with Crippen LogP contribution in [-0.2, 0) is 6.16 Å². The van der Waals surface area contributed by atoms with Crippen LogP contribution in [-0.4, -0.2) is 14.2 Å². The molecule has 5 rings (SSSR count). The second-order valence-corrected chi connectivity index (χ2v) is 15.7. The molecule has 0 aliphatic carbocycles. The molecule has 0 unspecified atom stereocenters. The Bertz CT molecular complexity index is 1440. The minimum atomic E-state index is -3.65. The third kappa shape index (κ3) is 4.47. The van der Waals surface area contributed by atoms with Gasteiger partial charge in [0, 0.05) is 0 Å². The third-order valence-corrected chi connectivity index (χ3v) is 14.3. The number of rotatable bonds is 8. The summed E-state index contributed by atoms with van der Waals surface area (Å²) in [5.74, 6) is -2.72. The normalized spacial score (nSPS) is 12.4. The topological polar surface area (TPSA) is 18.5 Å². The van der Waals surface area contributed by atoms with Crippen LogP contribution in [0.2, 0.25) is 0 Å². The van der Waals surface area contributed by atoms with Gasteiger partial charge in [-0.2, -0.15) is 0 Å². The summed E-state index contributed by atoms with van der Waals surface area (Å²) in [6.07, 6.45) is 0.337. The van der Waals surface area contributed by atoms with E-state index in [1.165, 1.54) is 0 Å². The summed E-state index contributed by atoms with van der Waals surface area (Å²) in [7, 11) is 3.18. The second-order valence-electron chi connectivity index (χ2n) is 9.22. The molecule has 0 amide bonds. The van der Waals surface area contributed by atoms with Crippen LogP contribution in [0.15, 0.2) is 127 Å². The first-order valence-electron chi connectivity index (χ1n) is 12.4. The van der Waals surface area contributed by atoms with Gasteiger partial charge in [0.15, 0.2) is 0 Å². The van der Waals surface area contributed by atoms with Crippen molar-refractivity contribution in [3.05, 3.63) is 139 Å². The van der Waals surface area contributed by atoms with Crippen LogP contribution in [0.1, 0.15) is 5.56 Å². The molecular formula is C33H29ClFO2P. The van der Waals surface area contributed by atoms with E-state index in [2.05, 4.69) is 36.4 Å². The van der Waals surface area contributed by atoms with E-state index in [0.717, 1.165) is 27.0 Å². The predicted octanol–water partition coefficient (Wildman–Crippen LogP) is 7.69. The molecule has 5 heteroatoms. The maximum atomic E-state index is 16.0. The fourth-order valence-electron chi connectivity index (χ4n) is 5.13. The van der Waals surface area contributed by atoms with Crippen molar-refractivity contribution >= 4 is 33.1 Å². The van der Waals surface area contributed by atoms with Gasteiger partial charge < -0.3 is 0 Å². The van der Waals surface area contributed by atoms with Crippen LogP contribution in [0, 0.1) is 5.82 Å². The first kappa shape index (κ1) is 26.0. The third-order valence-electron chi connectivity index (χ3n) is 7.12. The Kier molecular flexibility index (Phi) is 7.25. The summed E-state index contributed by atoms with van der Waals surface area (Å²) >= 11 is 8.14. The average molecular weight is 543 g/mol. The van der Waals surface area contributed by atoms with Gasteiger partial charge in [-0.15, -0.1) is 0 Å². The molecule has 38 heavy (non-hydrogen) atoms. The van der Waals surface area contributed by atoms with Crippen molar-refractivity contribution in [1.29, 1.82) is 0 Å². The van der Waals surface area contributed by atoms with Gasteiger partial charge in [0.25, 0.3) is 0 Å². The van der Waals surface area contributed by atoms with E-state index in [-0.39, 0.29) is 5.82 Å². The summed E-state index contributed by atoms with van der Waals surface area (Å²) in [5.41, 5.74) is 2.16. The SMILES string of the molecule is COc1ccc(-c2ccc(CP(Cl)(c3ccccc3)(c3ccccc3)c3ccccc3)c(F)c2)cc1OC. The number of methoxy groups -OCH3 is 2. The predicted molar refractivity (Wildman–Crippen MR) is 160 cm³/mol. The second kappa shape index (κ2) is 10.6. The molecule has 0 saturated heterocycles. The Morgan fingerprint density at radius 2 is 1.03 bits per heavy atom.